The van der Waals surface area contributed by atoms with Gasteiger partial charge in [-0.05, 0) is 37.1 Å². The van der Waals surface area contributed by atoms with Crippen LogP contribution >= 0.6 is 0 Å². The van der Waals surface area contributed by atoms with E-state index < -0.39 is 17.4 Å². The highest BCUT2D eigenvalue weighted by molar-refractivity contribution is 5.89. The van der Waals surface area contributed by atoms with E-state index in [4.69, 9.17) is 0 Å². The minimum absolute atomic E-state index is 0.0102. The van der Waals surface area contributed by atoms with Crippen molar-refractivity contribution in [2.24, 2.45) is 0 Å². The van der Waals surface area contributed by atoms with Crippen molar-refractivity contribution in [3.63, 3.8) is 0 Å². The molecule has 0 fully saturated rings. The third kappa shape index (κ3) is 4.05. The van der Waals surface area contributed by atoms with Crippen molar-refractivity contribution in [1.82, 2.24) is 5.32 Å². The fourth-order valence-corrected chi connectivity index (χ4v) is 2.04. The number of hydrogen-bond donors (Lipinski definition) is 3. The van der Waals surface area contributed by atoms with Gasteiger partial charge in [-0.3, -0.25) is 0 Å². The molecule has 2 aromatic carbocycles. The van der Waals surface area contributed by atoms with Gasteiger partial charge in [0.25, 0.3) is 0 Å². The summed E-state index contributed by atoms with van der Waals surface area (Å²) in [6, 6.07) is 13.0. The Morgan fingerprint density at radius 3 is 2.55 bits per heavy atom. The van der Waals surface area contributed by atoms with Crippen molar-refractivity contribution < 1.29 is 14.3 Å². The highest BCUT2D eigenvalue weighted by Crippen LogP contribution is 2.19. The molecular weight excluding hydrogens is 283 g/mol. The number of nitrogens with one attached hydrogen (secondary N) is 2. The first-order chi connectivity index (χ1) is 10.4. The lowest BCUT2D eigenvalue weighted by Crippen LogP contribution is -2.40. The van der Waals surface area contributed by atoms with Crippen LogP contribution in [0.1, 0.15) is 18.1 Å². The fourth-order valence-electron chi connectivity index (χ4n) is 2.04. The second kappa shape index (κ2) is 6.58. The summed E-state index contributed by atoms with van der Waals surface area (Å²) in [5.74, 6) is -0.495. The van der Waals surface area contributed by atoms with Crippen LogP contribution in [0.4, 0.5) is 14.9 Å². The van der Waals surface area contributed by atoms with E-state index in [0.29, 0.717) is 5.56 Å². The predicted molar refractivity (Wildman–Crippen MR) is 84.2 cm³/mol. The summed E-state index contributed by atoms with van der Waals surface area (Å²) < 4.78 is 13.7. The highest BCUT2D eigenvalue weighted by atomic mass is 19.1. The maximum Gasteiger partial charge on any atom is 0.319 e. The van der Waals surface area contributed by atoms with Crippen LogP contribution in [0.5, 0.6) is 0 Å². The number of amides is 2. The zero-order valence-electron chi connectivity index (χ0n) is 12.6. The van der Waals surface area contributed by atoms with E-state index >= 15 is 0 Å². The Bertz CT molecular complexity index is 657. The van der Waals surface area contributed by atoms with Crippen molar-refractivity contribution in [3.05, 3.63) is 65.5 Å². The van der Waals surface area contributed by atoms with Crippen molar-refractivity contribution in [3.8, 4) is 0 Å². The normalized spacial score (nSPS) is 13.3. The molecule has 0 heterocycles. The molecule has 0 saturated heterocycles. The zero-order chi connectivity index (χ0) is 16.2. The van der Waals surface area contributed by atoms with Gasteiger partial charge in [0.2, 0.25) is 0 Å². The van der Waals surface area contributed by atoms with E-state index in [9.17, 15) is 14.3 Å². The SMILES string of the molecule is Cc1ccc(NC(=O)NCC(C)(O)c2ccccc2)c(F)c1. The molecule has 116 valence electrons. The van der Waals surface area contributed by atoms with Crippen LogP contribution < -0.4 is 10.6 Å². The smallest absolute Gasteiger partial charge is 0.319 e. The number of anilines is 1. The lowest BCUT2D eigenvalue weighted by molar-refractivity contribution is 0.0599. The van der Waals surface area contributed by atoms with Gasteiger partial charge in [0.05, 0.1) is 12.2 Å². The largest absolute Gasteiger partial charge is 0.384 e. The summed E-state index contributed by atoms with van der Waals surface area (Å²) in [6.45, 7) is 3.38. The Kier molecular flexibility index (Phi) is 4.78. The second-order valence-corrected chi connectivity index (χ2v) is 5.43. The number of carbonyl (C=O) groups is 1. The van der Waals surface area contributed by atoms with Gasteiger partial charge in [-0.25, -0.2) is 9.18 Å². The molecule has 0 spiro atoms. The predicted octanol–water partition coefficient (Wildman–Crippen LogP) is 3.16. The number of halogens is 1. The summed E-state index contributed by atoms with van der Waals surface area (Å²) in [5.41, 5.74) is 0.361. The maximum atomic E-state index is 13.7. The number of hydrogen-bond acceptors (Lipinski definition) is 2. The molecule has 22 heavy (non-hydrogen) atoms. The highest BCUT2D eigenvalue weighted by Gasteiger charge is 2.23. The molecule has 2 aromatic rings. The van der Waals surface area contributed by atoms with Crippen LogP contribution in [-0.4, -0.2) is 17.7 Å². The van der Waals surface area contributed by atoms with Gasteiger partial charge >= 0.3 is 6.03 Å². The topological polar surface area (TPSA) is 61.4 Å². The minimum Gasteiger partial charge on any atom is -0.384 e. The van der Waals surface area contributed by atoms with E-state index in [2.05, 4.69) is 10.6 Å². The number of rotatable bonds is 4. The molecule has 3 N–H and O–H groups in total. The molecule has 1 unspecified atom stereocenters. The van der Waals surface area contributed by atoms with Gasteiger partial charge in [0.15, 0.2) is 0 Å². The second-order valence-electron chi connectivity index (χ2n) is 5.43. The molecule has 5 heteroatoms. The molecule has 0 aliphatic rings. The van der Waals surface area contributed by atoms with E-state index in [1.807, 2.05) is 18.2 Å². The Hall–Kier alpha value is -2.40. The molecule has 2 amide bonds. The van der Waals surface area contributed by atoms with Crippen LogP contribution in [0.3, 0.4) is 0 Å². The molecule has 0 aromatic heterocycles. The maximum absolute atomic E-state index is 13.7. The third-order valence-corrected chi connectivity index (χ3v) is 3.36. The first-order valence-corrected chi connectivity index (χ1v) is 6.97. The summed E-state index contributed by atoms with van der Waals surface area (Å²) in [4.78, 5) is 11.8. The number of benzene rings is 2. The van der Waals surface area contributed by atoms with E-state index in [0.717, 1.165) is 5.56 Å². The summed E-state index contributed by atoms with van der Waals surface area (Å²) in [5, 5.41) is 15.3. The molecule has 0 bridgehead atoms. The van der Waals surface area contributed by atoms with Crippen molar-refractivity contribution in [1.29, 1.82) is 0 Å². The Morgan fingerprint density at radius 2 is 1.91 bits per heavy atom. The Morgan fingerprint density at radius 1 is 1.23 bits per heavy atom. The zero-order valence-corrected chi connectivity index (χ0v) is 12.6. The summed E-state index contributed by atoms with van der Waals surface area (Å²) >= 11 is 0. The summed E-state index contributed by atoms with van der Waals surface area (Å²) in [6.07, 6.45) is 0. The van der Waals surface area contributed by atoms with Crippen LogP contribution in [0.15, 0.2) is 48.5 Å². The monoisotopic (exact) mass is 302 g/mol. The van der Waals surface area contributed by atoms with E-state index in [1.165, 1.54) is 12.1 Å². The first kappa shape index (κ1) is 16.0. The molecule has 4 nitrogen and oxygen atoms in total. The molecule has 0 saturated carbocycles. The van der Waals surface area contributed by atoms with Crippen molar-refractivity contribution >= 4 is 11.7 Å². The average molecular weight is 302 g/mol. The lowest BCUT2D eigenvalue weighted by Gasteiger charge is -2.24. The van der Waals surface area contributed by atoms with Crippen LogP contribution in [0, 0.1) is 12.7 Å². The number of urea groups is 1. The van der Waals surface area contributed by atoms with Gasteiger partial charge in [0, 0.05) is 0 Å². The van der Waals surface area contributed by atoms with Gasteiger partial charge in [-0.15, -0.1) is 0 Å². The lowest BCUT2D eigenvalue weighted by atomic mass is 9.96. The molecule has 0 aliphatic carbocycles. The van der Waals surface area contributed by atoms with Crippen LogP contribution in [-0.2, 0) is 5.60 Å². The van der Waals surface area contributed by atoms with Crippen LogP contribution in [0.25, 0.3) is 0 Å². The van der Waals surface area contributed by atoms with Crippen LogP contribution in [0.2, 0.25) is 0 Å². The number of carbonyl (C=O) groups excluding carboxylic acids is 1. The van der Waals surface area contributed by atoms with E-state index in [-0.39, 0.29) is 12.2 Å². The van der Waals surface area contributed by atoms with Crippen molar-refractivity contribution in [2.75, 3.05) is 11.9 Å². The molecule has 2 rings (SSSR count). The minimum atomic E-state index is -1.20. The number of aliphatic hydroxyl groups is 1. The quantitative estimate of drug-likeness (QED) is 0.812. The first-order valence-electron chi connectivity index (χ1n) is 6.97. The van der Waals surface area contributed by atoms with E-state index in [1.54, 1.807) is 32.0 Å². The van der Waals surface area contributed by atoms with Gasteiger partial charge in [-0.2, -0.15) is 0 Å². The summed E-state index contributed by atoms with van der Waals surface area (Å²) in [7, 11) is 0. The standard InChI is InChI=1S/C17H19FN2O2/c1-12-8-9-15(14(18)10-12)20-16(21)19-11-17(2,22)13-6-4-3-5-7-13/h3-10,22H,11H2,1-2H3,(H2,19,20,21). The van der Waals surface area contributed by atoms with Gasteiger partial charge < -0.3 is 15.7 Å². The number of aryl methyl sites for hydroxylation is 1. The molecule has 0 radical (unpaired) electrons. The average Bonchev–Trinajstić information content (AvgIpc) is 2.49. The fraction of sp³-hybridized carbons (Fsp3) is 0.235. The molecule has 1 atom stereocenters. The van der Waals surface area contributed by atoms with Crippen molar-refractivity contribution in [2.45, 2.75) is 19.4 Å². The Balaban J connectivity index is 1.95. The third-order valence-electron chi connectivity index (χ3n) is 3.36. The molecule has 0 aliphatic heterocycles. The van der Waals surface area contributed by atoms with Gasteiger partial charge in [0.1, 0.15) is 11.4 Å². The molecular formula is C17H19FN2O2. The Labute approximate surface area is 129 Å². The van der Waals surface area contributed by atoms with Gasteiger partial charge in [-0.1, -0.05) is 36.4 Å².